The number of hydrogen-bond donors (Lipinski definition) is 2. The van der Waals surface area contributed by atoms with Crippen LogP contribution in [0.25, 0.3) is 11.3 Å². The maximum atomic E-state index is 4.53. The van der Waals surface area contributed by atoms with Crippen molar-refractivity contribution < 1.29 is 0 Å². The van der Waals surface area contributed by atoms with Crippen LogP contribution in [0.5, 0.6) is 0 Å². The van der Waals surface area contributed by atoms with Gasteiger partial charge in [-0.25, -0.2) is 9.97 Å². The zero-order chi connectivity index (χ0) is 14.7. The Balaban J connectivity index is 1.74. The van der Waals surface area contributed by atoms with E-state index in [1.54, 1.807) is 12.4 Å². The average Bonchev–Trinajstić information content (AvgIpc) is 2.93. The van der Waals surface area contributed by atoms with E-state index in [-0.39, 0.29) is 0 Å². The fourth-order valence-electron chi connectivity index (χ4n) is 2.09. The quantitative estimate of drug-likeness (QED) is 0.770. The van der Waals surface area contributed by atoms with Crippen molar-refractivity contribution in [1.29, 1.82) is 0 Å². The Morgan fingerprint density at radius 2 is 1.90 bits per heavy atom. The molecule has 0 aliphatic heterocycles. The largest absolute Gasteiger partial charge is 0.350 e. The van der Waals surface area contributed by atoms with E-state index in [1.165, 1.54) is 11.1 Å². The van der Waals surface area contributed by atoms with Gasteiger partial charge in [-0.05, 0) is 25.5 Å². The lowest BCUT2D eigenvalue weighted by Crippen LogP contribution is -2.04. The molecular weight excluding hydrogens is 262 g/mol. The summed E-state index contributed by atoms with van der Waals surface area (Å²) in [6.07, 6.45) is 3.54. The Kier molecular flexibility index (Phi) is 3.64. The molecule has 0 unspecified atom stereocenters. The summed E-state index contributed by atoms with van der Waals surface area (Å²) in [5.41, 5.74) is 5.32. The summed E-state index contributed by atoms with van der Waals surface area (Å²) < 4.78 is 0. The molecule has 5 nitrogen and oxygen atoms in total. The number of aromatic nitrogens is 4. The highest BCUT2D eigenvalue weighted by Gasteiger charge is 2.06. The molecule has 0 bridgehead atoms. The molecule has 3 rings (SSSR count). The van der Waals surface area contributed by atoms with Crippen LogP contribution in [-0.2, 0) is 6.54 Å². The van der Waals surface area contributed by atoms with E-state index >= 15 is 0 Å². The molecule has 5 heteroatoms. The minimum absolute atomic E-state index is 0.619. The second kappa shape index (κ2) is 5.75. The zero-order valence-electron chi connectivity index (χ0n) is 12.1. The Bertz CT molecular complexity index is 730. The molecule has 1 aromatic carbocycles. The number of anilines is 1. The number of nitrogens with zero attached hydrogens (tertiary/aromatic N) is 3. The average molecular weight is 279 g/mol. The highest BCUT2D eigenvalue weighted by atomic mass is 15.1. The maximum Gasteiger partial charge on any atom is 0.223 e. The van der Waals surface area contributed by atoms with Gasteiger partial charge in [0.1, 0.15) is 0 Å². The third-order valence-corrected chi connectivity index (χ3v) is 3.33. The standard InChI is InChI=1S/C16H17N5/c1-11-3-5-13(6-4-11)9-18-16-17-8-7-15(20-16)14-10-19-21-12(14)2/h3-8,10H,9H2,1-2H3,(H,19,21)(H,17,18,20). The zero-order valence-corrected chi connectivity index (χ0v) is 12.1. The van der Waals surface area contributed by atoms with Crippen LogP contribution in [0.2, 0.25) is 0 Å². The molecule has 2 heterocycles. The van der Waals surface area contributed by atoms with Crippen LogP contribution in [0.4, 0.5) is 5.95 Å². The normalized spacial score (nSPS) is 10.6. The number of rotatable bonds is 4. The molecule has 0 spiro atoms. The molecule has 0 radical (unpaired) electrons. The van der Waals surface area contributed by atoms with Gasteiger partial charge < -0.3 is 5.32 Å². The summed E-state index contributed by atoms with van der Waals surface area (Å²) in [5, 5.41) is 10.2. The lowest BCUT2D eigenvalue weighted by atomic mass is 10.1. The summed E-state index contributed by atoms with van der Waals surface area (Å²) in [4.78, 5) is 8.79. The first-order chi connectivity index (χ1) is 10.2. The highest BCUT2D eigenvalue weighted by molar-refractivity contribution is 5.61. The van der Waals surface area contributed by atoms with Crippen LogP contribution in [0.15, 0.2) is 42.7 Å². The van der Waals surface area contributed by atoms with E-state index in [0.29, 0.717) is 12.5 Å². The molecule has 2 N–H and O–H groups in total. The smallest absolute Gasteiger partial charge is 0.223 e. The van der Waals surface area contributed by atoms with Gasteiger partial charge in [0.15, 0.2) is 0 Å². The minimum atomic E-state index is 0.619. The van der Waals surface area contributed by atoms with Gasteiger partial charge in [0, 0.05) is 24.0 Å². The van der Waals surface area contributed by atoms with Crippen molar-refractivity contribution >= 4 is 5.95 Å². The molecule has 0 aliphatic rings. The predicted octanol–water partition coefficient (Wildman–Crippen LogP) is 3.10. The van der Waals surface area contributed by atoms with Crippen molar-refractivity contribution in [2.24, 2.45) is 0 Å². The lowest BCUT2D eigenvalue weighted by Gasteiger charge is -2.06. The van der Waals surface area contributed by atoms with Gasteiger partial charge >= 0.3 is 0 Å². The predicted molar refractivity (Wildman–Crippen MR) is 82.9 cm³/mol. The highest BCUT2D eigenvalue weighted by Crippen LogP contribution is 2.19. The lowest BCUT2D eigenvalue weighted by molar-refractivity contribution is 1.04. The number of benzene rings is 1. The van der Waals surface area contributed by atoms with Crippen LogP contribution in [0.1, 0.15) is 16.8 Å². The van der Waals surface area contributed by atoms with E-state index in [4.69, 9.17) is 0 Å². The third-order valence-electron chi connectivity index (χ3n) is 3.33. The summed E-state index contributed by atoms with van der Waals surface area (Å²) >= 11 is 0. The van der Waals surface area contributed by atoms with Gasteiger partial charge in [-0.3, -0.25) is 5.10 Å². The van der Waals surface area contributed by atoms with Crippen molar-refractivity contribution in [1.82, 2.24) is 20.2 Å². The molecule has 0 aliphatic carbocycles. The summed E-state index contributed by atoms with van der Waals surface area (Å²) in [7, 11) is 0. The maximum absolute atomic E-state index is 4.53. The molecule has 0 saturated carbocycles. The van der Waals surface area contributed by atoms with Gasteiger partial charge in [-0.1, -0.05) is 29.8 Å². The molecule has 2 aromatic heterocycles. The minimum Gasteiger partial charge on any atom is -0.350 e. The first-order valence-corrected chi connectivity index (χ1v) is 6.85. The van der Waals surface area contributed by atoms with Crippen molar-refractivity contribution in [2.45, 2.75) is 20.4 Å². The fraction of sp³-hybridized carbons (Fsp3) is 0.188. The van der Waals surface area contributed by atoms with Gasteiger partial charge in [0.05, 0.1) is 11.9 Å². The van der Waals surface area contributed by atoms with Crippen molar-refractivity contribution in [3.05, 3.63) is 59.5 Å². The van der Waals surface area contributed by atoms with E-state index in [9.17, 15) is 0 Å². The van der Waals surface area contributed by atoms with E-state index in [1.807, 2.05) is 13.0 Å². The molecule has 21 heavy (non-hydrogen) atoms. The van der Waals surface area contributed by atoms with Crippen molar-refractivity contribution in [2.75, 3.05) is 5.32 Å². The summed E-state index contributed by atoms with van der Waals surface area (Å²) in [6, 6.07) is 10.3. The molecular formula is C16H17N5. The second-order valence-electron chi connectivity index (χ2n) is 5.01. The topological polar surface area (TPSA) is 66.5 Å². The second-order valence-corrected chi connectivity index (χ2v) is 5.01. The Labute approximate surface area is 123 Å². The molecule has 3 aromatic rings. The monoisotopic (exact) mass is 279 g/mol. The number of aryl methyl sites for hydroxylation is 2. The van der Waals surface area contributed by atoms with E-state index < -0.39 is 0 Å². The van der Waals surface area contributed by atoms with Crippen molar-refractivity contribution in [3.63, 3.8) is 0 Å². The van der Waals surface area contributed by atoms with E-state index in [2.05, 4.69) is 56.7 Å². The van der Waals surface area contributed by atoms with Gasteiger partial charge in [-0.2, -0.15) is 5.10 Å². The summed E-state index contributed by atoms with van der Waals surface area (Å²) in [5.74, 6) is 0.619. The summed E-state index contributed by atoms with van der Waals surface area (Å²) in [6.45, 7) is 4.76. The number of hydrogen-bond acceptors (Lipinski definition) is 4. The molecule has 0 saturated heterocycles. The number of aromatic amines is 1. The Morgan fingerprint density at radius 3 is 2.62 bits per heavy atom. The molecule has 0 fully saturated rings. The first kappa shape index (κ1) is 13.3. The Morgan fingerprint density at radius 1 is 1.10 bits per heavy atom. The van der Waals surface area contributed by atoms with Crippen LogP contribution in [-0.4, -0.2) is 20.2 Å². The molecule has 106 valence electrons. The third kappa shape index (κ3) is 3.08. The van der Waals surface area contributed by atoms with E-state index in [0.717, 1.165) is 17.0 Å². The van der Waals surface area contributed by atoms with Crippen LogP contribution in [0, 0.1) is 13.8 Å². The van der Waals surface area contributed by atoms with Crippen LogP contribution < -0.4 is 5.32 Å². The first-order valence-electron chi connectivity index (χ1n) is 6.85. The number of H-pyrrole nitrogens is 1. The van der Waals surface area contributed by atoms with Crippen LogP contribution >= 0.6 is 0 Å². The Hall–Kier alpha value is -2.69. The van der Waals surface area contributed by atoms with Gasteiger partial charge in [0.2, 0.25) is 5.95 Å². The van der Waals surface area contributed by atoms with Crippen LogP contribution in [0.3, 0.4) is 0 Å². The SMILES string of the molecule is Cc1ccc(CNc2nccc(-c3cn[nH]c3C)n2)cc1. The fourth-order valence-corrected chi connectivity index (χ4v) is 2.09. The molecule has 0 atom stereocenters. The van der Waals surface area contributed by atoms with Crippen molar-refractivity contribution in [3.8, 4) is 11.3 Å². The van der Waals surface area contributed by atoms with Gasteiger partial charge in [-0.15, -0.1) is 0 Å². The molecule has 0 amide bonds. The number of nitrogens with one attached hydrogen (secondary N) is 2. The van der Waals surface area contributed by atoms with Gasteiger partial charge in [0.25, 0.3) is 0 Å².